The third-order valence-corrected chi connectivity index (χ3v) is 5.33. The van der Waals surface area contributed by atoms with Crippen LogP contribution in [0.5, 0.6) is 0 Å². The molecule has 2 rings (SSSR count). The lowest BCUT2D eigenvalue weighted by Gasteiger charge is -2.32. The van der Waals surface area contributed by atoms with Gasteiger partial charge in [-0.3, -0.25) is 4.90 Å². The molecule has 0 spiro atoms. The first-order valence-corrected chi connectivity index (χ1v) is 8.88. The number of methoxy groups -OCH3 is 1. The quantitative estimate of drug-likeness (QED) is 0.837. The number of nitriles is 1. The molecule has 0 radical (unpaired) electrons. The van der Waals surface area contributed by atoms with Crippen molar-refractivity contribution in [1.29, 1.82) is 5.26 Å². The number of benzene rings is 1. The fourth-order valence-corrected chi connectivity index (χ4v) is 3.91. The van der Waals surface area contributed by atoms with Gasteiger partial charge < -0.3 is 4.74 Å². The van der Waals surface area contributed by atoms with Gasteiger partial charge in [-0.2, -0.15) is 5.26 Å². The van der Waals surface area contributed by atoms with Crippen LogP contribution in [0.1, 0.15) is 18.4 Å². The fourth-order valence-electron chi connectivity index (χ4n) is 2.62. The second kappa shape index (κ2) is 7.84. The van der Waals surface area contributed by atoms with Gasteiger partial charge in [-0.15, -0.1) is 0 Å². The third kappa shape index (κ3) is 4.72. The summed E-state index contributed by atoms with van der Waals surface area (Å²) in [5.74, 6) is -0.727. The topological polar surface area (TPSA) is 82.4 Å². The molecule has 8 heteroatoms. The Hall–Kier alpha value is -1.53. The standard InChI is InChI=1S/C15H20FN3O3S/c1-22-8-7-19-6-2-3-13(11-19)18-23(20,21)14-4-5-15(16)12(9-14)10-17/h4-5,9,13,18H,2-3,6-8,11H2,1H3. The largest absolute Gasteiger partial charge is 0.383 e. The van der Waals surface area contributed by atoms with Gasteiger partial charge in [0.15, 0.2) is 0 Å². The molecule has 1 fully saturated rings. The highest BCUT2D eigenvalue weighted by atomic mass is 32.2. The lowest BCUT2D eigenvalue weighted by Crippen LogP contribution is -2.48. The van der Waals surface area contributed by atoms with Crippen molar-refractivity contribution in [2.45, 2.75) is 23.8 Å². The average Bonchev–Trinajstić information content (AvgIpc) is 2.53. The molecule has 1 aromatic rings. The van der Waals surface area contributed by atoms with E-state index < -0.39 is 15.8 Å². The summed E-state index contributed by atoms with van der Waals surface area (Å²) in [6.45, 7) is 2.87. The number of halogens is 1. The Balaban J connectivity index is 2.07. The molecule has 1 heterocycles. The zero-order valence-electron chi connectivity index (χ0n) is 13.0. The number of rotatable bonds is 6. The number of nitrogens with zero attached hydrogens (tertiary/aromatic N) is 2. The molecule has 1 unspecified atom stereocenters. The summed E-state index contributed by atoms with van der Waals surface area (Å²) >= 11 is 0. The zero-order chi connectivity index (χ0) is 16.9. The monoisotopic (exact) mass is 341 g/mol. The van der Waals surface area contributed by atoms with Crippen LogP contribution < -0.4 is 4.72 Å². The van der Waals surface area contributed by atoms with Gasteiger partial charge in [-0.05, 0) is 37.6 Å². The third-order valence-electron chi connectivity index (χ3n) is 3.81. The number of piperidine rings is 1. The van der Waals surface area contributed by atoms with E-state index in [1.807, 2.05) is 0 Å². The Morgan fingerprint density at radius 2 is 2.30 bits per heavy atom. The molecule has 1 aliphatic heterocycles. The van der Waals surface area contributed by atoms with Crippen molar-refractivity contribution in [1.82, 2.24) is 9.62 Å². The van der Waals surface area contributed by atoms with Crippen molar-refractivity contribution in [2.24, 2.45) is 0 Å². The maximum Gasteiger partial charge on any atom is 0.240 e. The van der Waals surface area contributed by atoms with Crippen LogP contribution in [-0.2, 0) is 14.8 Å². The highest BCUT2D eigenvalue weighted by Gasteiger charge is 2.25. The van der Waals surface area contributed by atoms with E-state index in [2.05, 4.69) is 9.62 Å². The summed E-state index contributed by atoms with van der Waals surface area (Å²) in [4.78, 5) is 2.05. The van der Waals surface area contributed by atoms with Crippen molar-refractivity contribution in [3.8, 4) is 6.07 Å². The fraction of sp³-hybridized carbons (Fsp3) is 0.533. The smallest absolute Gasteiger partial charge is 0.240 e. The number of likely N-dealkylation sites (tertiary alicyclic amines) is 1. The molecule has 0 aliphatic carbocycles. The van der Waals surface area contributed by atoms with Crippen LogP contribution in [0.2, 0.25) is 0 Å². The molecule has 23 heavy (non-hydrogen) atoms. The van der Waals surface area contributed by atoms with Crippen LogP contribution in [0.4, 0.5) is 4.39 Å². The summed E-state index contributed by atoms with van der Waals surface area (Å²) in [5, 5.41) is 8.82. The molecule has 1 aromatic carbocycles. The van der Waals surface area contributed by atoms with E-state index in [0.29, 0.717) is 13.2 Å². The normalized spacial score (nSPS) is 19.4. The summed E-state index contributed by atoms with van der Waals surface area (Å²) in [7, 11) is -2.15. The minimum absolute atomic E-state index is 0.0931. The molecular weight excluding hydrogens is 321 g/mol. The van der Waals surface area contributed by atoms with E-state index in [0.717, 1.165) is 38.1 Å². The molecule has 1 N–H and O–H groups in total. The molecule has 1 aliphatic rings. The summed E-state index contributed by atoms with van der Waals surface area (Å²) in [6.07, 6.45) is 1.64. The Morgan fingerprint density at radius 3 is 3.00 bits per heavy atom. The van der Waals surface area contributed by atoms with Gasteiger partial charge in [0.2, 0.25) is 10.0 Å². The van der Waals surface area contributed by atoms with Gasteiger partial charge in [0, 0.05) is 26.2 Å². The predicted molar refractivity (Wildman–Crippen MR) is 82.8 cm³/mol. The highest BCUT2D eigenvalue weighted by Crippen LogP contribution is 2.17. The van der Waals surface area contributed by atoms with Crippen molar-refractivity contribution in [3.63, 3.8) is 0 Å². The Labute approximate surface area is 135 Å². The van der Waals surface area contributed by atoms with Gasteiger partial charge in [-0.1, -0.05) is 0 Å². The van der Waals surface area contributed by atoms with Gasteiger partial charge >= 0.3 is 0 Å². The van der Waals surface area contributed by atoms with Gasteiger partial charge in [0.05, 0.1) is 17.1 Å². The number of sulfonamides is 1. The highest BCUT2D eigenvalue weighted by molar-refractivity contribution is 7.89. The first kappa shape index (κ1) is 17.8. The van der Waals surface area contributed by atoms with E-state index in [1.165, 1.54) is 6.07 Å². The molecule has 1 saturated heterocycles. The molecule has 0 bridgehead atoms. The lowest BCUT2D eigenvalue weighted by molar-refractivity contribution is 0.126. The SMILES string of the molecule is COCCN1CCCC(NS(=O)(=O)c2ccc(F)c(C#N)c2)C1. The molecule has 0 aromatic heterocycles. The van der Waals surface area contributed by atoms with Crippen molar-refractivity contribution < 1.29 is 17.5 Å². The summed E-state index contributed by atoms with van der Waals surface area (Å²) < 4.78 is 45.8. The van der Waals surface area contributed by atoms with Gasteiger partial charge in [0.25, 0.3) is 0 Å². The number of hydrogen-bond acceptors (Lipinski definition) is 5. The van der Waals surface area contributed by atoms with E-state index in [4.69, 9.17) is 10.00 Å². The lowest BCUT2D eigenvalue weighted by atomic mass is 10.1. The van der Waals surface area contributed by atoms with Crippen LogP contribution in [-0.4, -0.2) is 52.7 Å². The second-order valence-electron chi connectivity index (χ2n) is 5.51. The van der Waals surface area contributed by atoms with Crippen molar-refractivity contribution >= 4 is 10.0 Å². The minimum Gasteiger partial charge on any atom is -0.383 e. The maximum atomic E-state index is 13.3. The van der Waals surface area contributed by atoms with E-state index in [-0.39, 0.29) is 16.5 Å². The zero-order valence-corrected chi connectivity index (χ0v) is 13.8. The van der Waals surface area contributed by atoms with Crippen LogP contribution in [0, 0.1) is 17.1 Å². The first-order valence-electron chi connectivity index (χ1n) is 7.39. The average molecular weight is 341 g/mol. The molecule has 6 nitrogen and oxygen atoms in total. The summed E-state index contributed by atoms with van der Waals surface area (Å²) in [5.41, 5.74) is -0.279. The van der Waals surface area contributed by atoms with Gasteiger partial charge in [0.1, 0.15) is 11.9 Å². The number of ether oxygens (including phenoxy) is 1. The molecule has 1 atom stereocenters. The molecule has 126 valence electrons. The van der Waals surface area contributed by atoms with E-state index in [9.17, 15) is 12.8 Å². The van der Waals surface area contributed by atoms with Gasteiger partial charge in [-0.25, -0.2) is 17.5 Å². The molecule has 0 saturated carbocycles. The van der Waals surface area contributed by atoms with Crippen LogP contribution in [0.25, 0.3) is 0 Å². The van der Waals surface area contributed by atoms with Crippen LogP contribution in [0.15, 0.2) is 23.1 Å². The number of hydrogen-bond donors (Lipinski definition) is 1. The maximum absolute atomic E-state index is 13.3. The number of nitrogens with one attached hydrogen (secondary N) is 1. The molecule has 0 amide bonds. The Kier molecular flexibility index (Phi) is 6.07. The Bertz CT molecular complexity index is 688. The van der Waals surface area contributed by atoms with Crippen molar-refractivity contribution in [2.75, 3.05) is 33.4 Å². The van der Waals surface area contributed by atoms with Crippen LogP contribution in [0.3, 0.4) is 0 Å². The van der Waals surface area contributed by atoms with Crippen LogP contribution >= 0.6 is 0 Å². The van der Waals surface area contributed by atoms with E-state index >= 15 is 0 Å². The molecular formula is C15H20FN3O3S. The Morgan fingerprint density at radius 1 is 1.52 bits per heavy atom. The second-order valence-corrected chi connectivity index (χ2v) is 7.22. The first-order chi connectivity index (χ1) is 11.0. The summed E-state index contributed by atoms with van der Waals surface area (Å²) in [6, 6.07) is 4.67. The van der Waals surface area contributed by atoms with Crippen molar-refractivity contribution in [3.05, 3.63) is 29.6 Å². The predicted octanol–water partition coefficient (Wildman–Crippen LogP) is 1.09. The minimum atomic E-state index is -3.78. The van der Waals surface area contributed by atoms with E-state index in [1.54, 1.807) is 13.2 Å².